The van der Waals surface area contributed by atoms with Crippen molar-refractivity contribution in [2.45, 2.75) is 83.2 Å². The number of hydrogen-bond acceptors (Lipinski definition) is 3. The molecule has 0 saturated heterocycles. The van der Waals surface area contributed by atoms with Gasteiger partial charge in [-0.05, 0) is 38.5 Å². The van der Waals surface area contributed by atoms with E-state index in [9.17, 15) is 0 Å². The molecule has 0 aromatic carbocycles. The summed E-state index contributed by atoms with van der Waals surface area (Å²) < 4.78 is 5.81. The maximum absolute atomic E-state index is 5.81. The van der Waals surface area contributed by atoms with Crippen LogP contribution in [0.4, 0.5) is 0 Å². The molecule has 1 aromatic heterocycles. The Hall–Kier alpha value is -0.900. The van der Waals surface area contributed by atoms with Gasteiger partial charge in [-0.2, -0.15) is 5.10 Å². The third-order valence-corrected chi connectivity index (χ3v) is 5.38. The van der Waals surface area contributed by atoms with Crippen LogP contribution in [0.2, 0.25) is 0 Å². The Kier molecular flexibility index (Phi) is 4.94. The van der Waals surface area contributed by atoms with Crippen molar-refractivity contribution in [2.75, 3.05) is 6.61 Å². The van der Waals surface area contributed by atoms with Gasteiger partial charge in [-0.3, -0.25) is 5.10 Å². The van der Waals surface area contributed by atoms with Gasteiger partial charge in [0.2, 0.25) is 0 Å². The van der Waals surface area contributed by atoms with Crippen LogP contribution in [0.25, 0.3) is 0 Å². The van der Waals surface area contributed by atoms with E-state index in [2.05, 4.69) is 24.0 Å². The Labute approximate surface area is 128 Å². The van der Waals surface area contributed by atoms with Crippen molar-refractivity contribution in [3.8, 4) is 0 Å². The van der Waals surface area contributed by atoms with Gasteiger partial charge in [-0.25, -0.2) is 4.98 Å². The van der Waals surface area contributed by atoms with E-state index < -0.39 is 0 Å². The highest BCUT2D eigenvalue weighted by atomic mass is 16.5. The lowest BCUT2D eigenvalue weighted by Gasteiger charge is -2.27. The predicted molar refractivity (Wildman–Crippen MR) is 83.4 cm³/mol. The Bertz CT molecular complexity index is 443. The van der Waals surface area contributed by atoms with Crippen molar-refractivity contribution in [1.82, 2.24) is 15.2 Å². The monoisotopic (exact) mass is 291 g/mol. The molecular formula is C17H29N3O. The summed E-state index contributed by atoms with van der Waals surface area (Å²) in [6, 6.07) is 0. The molecule has 1 N–H and O–H groups in total. The van der Waals surface area contributed by atoms with Crippen LogP contribution in [-0.4, -0.2) is 27.9 Å². The molecule has 4 atom stereocenters. The molecule has 0 amide bonds. The van der Waals surface area contributed by atoms with Crippen molar-refractivity contribution >= 4 is 0 Å². The highest BCUT2D eigenvalue weighted by molar-refractivity contribution is 5.05. The second-order valence-corrected chi connectivity index (χ2v) is 6.89. The summed E-state index contributed by atoms with van der Waals surface area (Å²) in [6.07, 6.45) is 10.4. The summed E-state index contributed by atoms with van der Waals surface area (Å²) >= 11 is 0. The van der Waals surface area contributed by atoms with Crippen molar-refractivity contribution in [2.24, 2.45) is 5.92 Å². The first kappa shape index (κ1) is 15.0. The van der Waals surface area contributed by atoms with Crippen molar-refractivity contribution < 1.29 is 4.74 Å². The van der Waals surface area contributed by atoms with Crippen LogP contribution < -0.4 is 0 Å². The van der Waals surface area contributed by atoms with E-state index >= 15 is 0 Å². The Morgan fingerprint density at radius 3 is 2.81 bits per heavy atom. The molecule has 1 aromatic rings. The second kappa shape index (κ2) is 6.91. The summed E-state index contributed by atoms with van der Waals surface area (Å²) in [6.45, 7) is 5.26. The number of ether oxygens (including phenoxy) is 1. The maximum Gasteiger partial charge on any atom is 0.153 e. The molecular weight excluding hydrogens is 262 g/mol. The van der Waals surface area contributed by atoms with Crippen LogP contribution in [0.15, 0.2) is 0 Å². The zero-order valence-electron chi connectivity index (χ0n) is 13.5. The predicted octanol–water partition coefficient (Wildman–Crippen LogP) is 4.16. The van der Waals surface area contributed by atoms with Crippen molar-refractivity contribution in [3.63, 3.8) is 0 Å². The molecule has 4 nitrogen and oxygen atoms in total. The van der Waals surface area contributed by atoms with E-state index in [0.717, 1.165) is 30.6 Å². The van der Waals surface area contributed by atoms with E-state index in [1.165, 1.54) is 44.9 Å². The van der Waals surface area contributed by atoms with Gasteiger partial charge in [0, 0.05) is 18.4 Å². The van der Waals surface area contributed by atoms with Crippen LogP contribution in [0.3, 0.4) is 0 Å². The lowest BCUT2D eigenvalue weighted by atomic mass is 9.80. The molecule has 0 radical (unpaired) electrons. The molecule has 4 heteroatoms. The first-order chi connectivity index (χ1) is 10.3. The quantitative estimate of drug-likeness (QED) is 0.906. The first-order valence-corrected chi connectivity index (χ1v) is 8.81. The molecule has 3 rings (SSSR count). The van der Waals surface area contributed by atoms with E-state index in [4.69, 9.17) is 9.72 Å². The average Bonchev–Trinajstić information content (AvgIpc) is 2.98. The minimum atomic E-state index is 0.407. The maximum atomic E-state index is 5.81. The number of hydrogen-bond donors (Lipinski definition) is 1. The number of aromatic amines is 1. The van der Waals surface area contributed by atoms with Gasteiger partial charge in [0.15, 0.2) is 5.82 Å². The highest BCUT2D eigenvalue weighted by Crippen LogP contribution is 2.37. The van der Waals surface area contributed by atoms with Crippen molar-refractivity contribution in [1.29, 1.82) is 0 Å². The van der Waals surface area contributed by atoms with Gasteiger partial charge >= 0.3 is 0 Å². The SMILES string of the molecule is CCOC1CCCC(c2n[nH]c(C3CCCCC3C)n2)C1. The van der Waals surface area contributed by atoms with E-state index in [1.807, 2.05) is 0 Å². The number of nitrogens with one attached hydrogen (secondary N) is 1. The number of rotatable bonds is 4. The van der Waals surface area contributed by atoms with E-state index in [-0.39, 0.29) is 0 Å². The molecule has 2 aliphatic rings. The summed E-state index contributed by atoms with van der Waals surface area (Å²) in [5.74, 6) is 3.98. The number of aromatic nitrogens is 3. The van der Waals surface area contributed by atoms with Gasteiger partial charge < -0.3 is 4.74 Å². The summed E-state index contributed by atoms with van der Waals surface area (Å²) in [4.78, 5) is 4.88. The molecule has 21 heavy (non-hydrogen) atoms. The fraction of sp³-hybridized carbons (Fsp3) is 0.882. The fourth-order valence-electron chi connectivity index (χ4n) is 4.13. The standard InChI is InChI=1S/C17H29N3O/c1-3-21-14-9-6-8-13(11-14)16-18-17(20-19-16)15-10-5-4-7-12(15)2/h12-15H,3-11H2,1-2H3,(H,18,19,20). The first-order valence-electron chi connectivity index (χ1n) is 8.81. The summed E-state index contributed by atoms with van der Waals surface area (Å²) in [7, 11) is 0. The van der Waals surface area contributed by atoms with Crippen molar-refractivity contribution in [3.05, 3.63) is 11.6 Å². The van der Waals surface area contributed by atoms with Crippen LogP contribution in [0, 0.1) is 5.92 Å². The average molecular weight is 291 g/mol. The molecule has 1 heterocycles. The van der Waals surface area contributed by atoms with E-state index in [1.54, 1.807) is 0 Å². The number of H-pyrrole nitrogens is 1. The Morgan fingerprint density at radius 2 is 2.00 bits per heavy atom. The topological polar surface area (TPSA) is 50.8 Å². The minimum absolute atomic E-state index is 0.407. The molecule has 2 saturated carbocycles. The molecule has 118 valence electrons. The Balaban J connectivity index is 1.66. The summed E-state index contributed by atoms with van der Waals surface area (Å²) in [5.41, 5.74) is 0. The third kappa shape index (κ3) is 3.47. The molecule has 0 bridgehead atoms. The third-order valence-electron chi connectivity index (χ3n) is 5.38. The number of nitrogens with zero attached hydrogens (tertiary/aromatic N) is 2. The zero-order valence-corrected chi connectivity index (χ0v) is 13.5. The highest BCUT2D eigenvalue weighted by Gasteiger charge is 2.29. The lowest BCUT2D eigenvalue weighted by Crippen LogP contribution is -2.22. The molecule has 2 fully saturated rings. The van der Waals surface area contributed by atoms with Gasteiger partial charge in [-0.15, -0.1) is 0 Å². The van der Waals surface area contributed by atoms with Gasteiger partial charge in [0.1, 0.15) is 5.82 Å². The smallest absolute Gasteiger partial charge is 0.153 e. The van der Waals surface area contributed by atoms with E-state index in [0.29, 0.717) is 17.9 Å². The molecule has 4 unspecified atom stereocenters. The molecule has 0 aliphatic heterocycles. The Morgan fingerprint density at radius 1 is 1.14 bits per heavy atom. The van der Waals surface area contributed by atoms with Crippen LogP contribution in [0.5, 0.6) is 0 Å². The lowest BCUT2D eigenvalue weighted by molar-refractivity contribution is 0.0299. The normalized spacial score (nSPS) is 34.0. The van der Waals surface area contributed by atoms with Gasteiger partial charge in [0.25, 0.3) is 0 Å². The second-order valence-electron chi connectivity index (χ2n) is 6.89. The largest absolute Gasteiger partial charge is 0.378 e. The fourth-order valence-corrected chi connectivity index (χ4v) is 4.13. The zero-order chi connectivity index (χ0) is 14.7. The summed E-state index contributed by atoms with van der Waals surface area (Å²) in [5, 5.41) is 7.80. The van der Waals surface area contributed by atoms with Gasteiger partial charge in [-0.1, -0.05) is 32.6 Å². The minimum Gasteiger partial charge on any atom is -0.378 e. The van der Waals surface area contributed by atoms with Gasteiger partial charge in [0.05, 0.1) is 6.10 Å². The van der Waals surface area contributed by atoms with Crippen LogP contribution in [0.1, 0.15) is 88.7 Å². The molecule has 2 aliphatic carbocycles. The molecule has 0 spiro atoms. The van der Waals surface area contributed by atoms with Crippen LogP contribution >= 0.6 is 0 Å². The van der Waals surface area contributed by atoms with Crippen LogP contribution in [-0.2, 0) is 4.74 Å².